The lowest BCUT2D eigenvalue weighted by Crippen LogP contribution is -2.39. The number of carbonyl (C=O) groups is 2. The van der Waals surface area contributed by atoms with Crippen LogP contribution in [-0.4, -0.2) is 46.8 Å². The van der Waals surface area contributed by atoms with Crippen LogP contribution in [0.25, 0.3) is 0 Å². The van der Waals surface area contributed by atoms with Gasteiger partial charge in [0.05, 0.1) is 7.11 Å². The molecule has 1 heterocycles. The number of carboxylic acid groups (broad SMARTS) is 1. The zero-order valence-electron chi connectivity index (χ0n) is 8.23. The monoisotopic (exact) mass is 585 g/mol. The molecular weight excluding hydrogens is 575 g/mol. The van der Waals surface area contributed by atoms with Crippen LogP contribution >= 0.6 is 79.5 Å². The molecule has 5 nitrogen and oxygen atoms in total. The Labute approximate surface area is 139 Å². The van der Waals surface area contributed by atoms with Gasteiger partial charge in [-0.05, 0) is 0 Å². The number of rotatable bonds is 1. The van der Waals surface area contributed by atoms with E-state index in [1.807, 2.05) is 0 Å². The van der Waals surface area contributed by atoms with Crippen molar-refractivity contribution < 1.29 is 19.4 Å². The van der Waals surface area contributed by atoms with Gasteiger partial charge in [0.2, 0.25) is 0 Å². The van der Waals surface area contributed by atoms with Gasteiger partial charge in [0.1, 0.15) is -0.0619 Å². The summed E-state index contributed by atoms with van der Waals surface area (Å²) in [5, 5.41) is 7.88. The highest BCUT2D eigenvalue weighted by Crippen LogP contribution is 2.24. The van der Waals surface area contributed by atoms with Gasteiger partial charge in [0.25, 0.3) is 0 Å². The van der Waals surface area contributed by atoms with Crippen LogP contribution in [-0.2, 0) is 9.53 Å². The lowest BCUT2D eigenvalue weighted by atomic mass is 10.5. The molecule has 0 saturated carbocycles. The summed E-state index contributed by atoms with van der Waals surface area (Å²) >= 11 is 8.18. The van der Waals surface area contributed by atoms with Gasteiger partial charge in [-0.3, -0.25) is 4.90 Å². The predicted molar refractivity (Wildman–Crippen MR) is 88.8 cm³/mol. The Morgan fingerprint density at radius 3 is 2.38 bits per heavy atom. The SMILES string of the molecule is COC(=O)N1CCSC1C(=O)O.IC(I)I. The molecule has 0 aromatic rings. The first-order chi connectivity index (χ1) is 7.40. The second-order valence-electron chi connectivity index (χ2n) is 2.47. The minimum atomic E-state index is -0.997. The maximum absolute atomic E-state index is 11.0. The van der Waals surface area contributed by atoms with E-state index in [2.05, 4.69) is 72.5 Å². The first-order valence-electron chi connectivity index (χ1n) is 4.01. The van der Waals surface area contributed by atoms with Gasteiger partial charge in [0, 0.05) is 12.3 Å². The zero-order chi connectivity index (χ0) is 12.7. The normalized spacial score (nSPS) is 19.1. The Kier molecular flexibility index (Phi) is 9.98. The van der Waals surface area contributed by atoms with E-state index in [4.69, 9.17) is 5.11 Å². The molecule has 1 amide bonds. The molecular formula is C7H10I3NO4S. The summed E-state index contributed by atoms with van der Waals surface area (Å²) in [6.45, 7) is 0.439. The Balaban J connectivity index is 0.000000487. The average molecular weight is 585 g/mol. The van der Waals surface area contributed by atoms with Crippen molar-refractivity contribution >= 4 is 91.6 Å². The van der Waals surface area contributed by atoms with E-state index in [1.54, 1.807) is 0 Å². The maximum Gasteiger partial charge on any atom is 0.410 e. The number of carbonyl (C=O) groups excluding carboxylic acids is 1. The molecule has 0 aromatic heterocycles. The fourth-order valence-corrected chi connectivity index (χ4v) is 2.02. The highest BCUT2D eigenvalue weighted by atomic mass is 127. The average Bonchev–Trinajstić information content (AvgIpc) is 2.64. The smallest absolute Gasteiger partial charge is 0.410 e. The fraction of sp³-hybridized carbons (Fsp3) is 0.714. The van der Waals surface area contributed by atoms with E-state index in [1.165, 1.54) is 23.8 Å². The molecule has 94 valence electrons. The van der Waals surface area contributed by atoms with Crippen molar-refractivity contribution in [2.75, 3.05) is 19.4 Å². The lowest BCUT2D eigenvalue weighted by molar-refractivity contribution is -0.139. The van der Waals surface area contributed by atoms with Gasteiger partial charge in [-0.1, -0.05) is 67.8 Å². The number of methoxy groups -OCH3 is 1. The largest absolute Gasteiger partial charge is 0.479 e. The summed E-state index contributed by atoms with van der Waals surface area (Å²) in [5.41, 5.74) is 0. The number of ether oxygens (including phenoxy) is 1. The van der Waals surface area contributed by atoms with Crippen LogP contribution in [0.1, 0.15) is 0 Å². The number of thioether (sulfide) groups is 1. The molecule has 1 aliphatic heterocycles. The Bertz CT molecular complexity index is 251. The van der Waals surface area contributed by atoms with Crippen LogP contribution in [0.3, 0.4) is 0 Å². The molecule has 1 saturated heterocycles. The van der Waals surface area contributed by atoms with Crippen molar-refractivity contribution in [2.24, 2.45) is 0 Å². The molecule has 1 aliphatic rings. The van der Waals surface area contributed by atoms with Crippen molar-refractivity contribution in [1.29, 1.82) is 0 Å². The van der Waals surface area contributed by atoms with Crippen molar-refractivity contribution in [2.45, 2.75) is 5.31 Å². The summed E-state index contributed by atoms with van der Waals surface area (Å²) in [6.07, 6.45) is -0.576. The fourth-order valence-electron chi connectivity index (χ4n) is 0.979. The van der Waals surface area contributed by atoms with E-state index >= 15 is 0 Å². The van der Waals surface area contributed by atoms with Gasteiger partial charge in [-0.15, -0.1) is 11.8 Å². The number of alkyl halides is 3. The number of amides is 1. The molecule has 1 atom stereocenters. The third-order valence-electron chi connectivity index (χ3n) is 1.51. The molecule has 1 N–H and O–H groups in total. The summed E-state index contributed by atoms with van der Waals surface area (Å²) in [5.74, 6) is -0.352. The van der Waals surface area contributed by atoms with Crippen LogP contribution in [0.4, 0.5) is 4.79 Å². The Hall–Kier alpha value is 1.28. The molecule has 0 bridgehead atoms. The first-order valence-corrected chi connectivity index (χ1v) is 8.80. The molecule has 0 spiro atoms. The topological polar surface area (TPSA) is 66.8 Å². The summed E-state index contributed by atoms with van der Waals surface area (Å²) < 4.78 is 5.17. The molecule has 1 rings (SSSR count). The van der Waals surface area contributed by atoms with E-state index < -0.39 is 17.4 Å². The van der Waals surface area contributed by atoms with Crippen molar-refractivity contribution in [3.05, 3.63) is 0 Å². The van der Waals surface area contributed by atoms with E-state index in [0.717, 1.165) is -0.0619 Å². The molecule has 0 radical (unpaired) electrons. The zero-order valence-corrected chi connectivity index (χ0v) is 15.5. The Morgan fingerprint density at radius 2 is 2.00 bits per heavy atom. The van der Waals surface area contributed by atoms with Crippen LogP contribution in [0.2, 0.25) is 0 Å². The number of carboxylic acids is 1. The molecule has 9 heteroatoms. The van der Waals surface area contributed by atoms with Crippen molar-refractivity contribution in [3.8, 4) is 0 Å². The summed E-state index contributed by atoms with van der Waals surface area (Å²) in [4.78, 5) is 22.7. The molecule has 0 aliphatic carbocycles. The molecule has 0 aromatic carbocycles. The minimum Gasteiger partial charge on any atom is -0.479 e. The van der Waals surface area contributed by atoms with Crippen LogP contribution in [0, 0.1) is 0 Å². The third-order valence-corrected chi connectivity index (χ3v) is 2.70. The van der Waals surface area contributed by atoms with Crippen LogP contribution in [0.15, 0.2) is 0 Å². The number of nitrogens with zero attached hydrogens (tertiary/aromatic N) is 1. The molecule has 16 heavy (non-hydrogen) atoms. The maximum atomic E-state index is 11.0. The summed E-state index contributed by atoms with van der Waals surface area (Å²) in [7, 11) is 1.24. The predicted octanol–water partition coefficient (Wildman–Crippen LogP) is 2.79. The van der Waals surface area contributed by atoms with Gasteiger partial charge < -0.3 is 9.84 Å². The quantitative estimate of drug-likeness (QED) is 0.379. The Morgan fingerprint density at radius 1 is 1.50 bits per heavy atom. The van der Waals surface area contributed by atoms with Gasteiger partial charge in [0.15, 0.2) is 5.37 Å². The molecule has 1 fully saturated rings. The van der Waals surface area contributed by atoms with E-state index in [9.17, 15) is 9.59 Å². The molecule has 1 unspecified atom stereocenters. The first kappa shape index (κ1) is 17.3. The minimum absolute atomic E-state index is 0.439. The third kappa shape index (κ3) is 6.88. The van der Waals surface area contributed by atoms with Gasteiger partial charge in [-0.2, -0.15) is 0 Å². The number of halogens is 3. The van der Waals surface area contributed by atoms with Crippen molar-refractivity contribution in [1.82, 2.24) is 4.90 Å². The van der Waals surface area contributed by atoms with E-state index in [-0.39, 0.29) is 0 Å². The second kappa shape index (κ2) is 9.24. The van der Waals surface area contributed by atoms with Crippen LogP contribution in [0.5, 0.6) is 0 Å². The highest BCUT2D eigenvalue weighted by Gasteiger charge is 2.35. The highest BCUT2D eigenvalue weighted by molar-refractivity contribution is 14.3. The second-order valence-corrected chi connectivity index (χ2v) is 14.5. The van der Waals surface area contributed by atoms with Crippen LogP contribution < -0.4 is 0 Å². The van der Waals surface area contributed by atoms with Gasteiger partial charge >= 0.3 is 12.1 Å². The van der Waals surface area contributed by atoms with Crippen molar-refractivity contribution in [3.63, 3.8) is 0 Å². The van der Waals surface area contributed by atoms with E-state index in [0.29, 0.717) is 12.3 Å². The number of aliphatic carboxylic acids is 1. The number of hydrogen-bond acceptors (Lipinski definition) is 4. The number of hydrogen-bond donors (Lipinski definition) is 1. The lowest BCUT2D eigenvalue weighted by Gasteiger charge is -2.17. The summed E-state index contributed by atoms with van der Waals surface area (Å²) in [6, 6.07) is 0. The standard InChI is InChI=1S/C6H9NO4S.CHI3/c1-11-6(10)7-2-3-12-4(7)5(8)9;2-1(3)4/h4H,2-3H2,1H3,(H,8,9);1H. The van der Waals surface area contributed by atoms with Gasteiger partial charge in [-0.25, -0.2) is 9.59 Å².